The van der Waals surface area contributed by atoms with Crippen LogP contribution in [0.4, 0.5) is 0 Å². The molecule has 0 spiro atoms. The summed E-state index contributed by atoms with van der Waals surface area (Å²) in [6, 6.07) is 0. The minimum atomic E-state index is -0.465. The molecule has 0 aliphatic carbocycles. The Kier molecular flexibility index (Phi) is 42.9. The van der Waals surface area contributed by atoms with Crippen LogP contribution >= 0.6 is 0 Å². The molecule has 4 heteroatoms. The van der Waals surface area contributed by atoms with Gasteiger partial charge in [-0.15, -0.1) is 0 Å². The van der Waals surface area contributed by atoms with Crippen LogP contribution in [0.5, 0.6) is 0 Å². The maximum Gasteiger partial charge on any atom is 0.639 e. The summed E-state index contributed by atoms with van der Waals surface area (Å²) in [7, 11) is -0.465. The second kappa shape index (κ2) is 43.0. The third-order valence-corrected chi connectivity index (χ3v) is 9.76. The van der Waals surface area contributed by atoms with E-state index in [0.29, 0.717) is 0 Å². The molecule has 0 N–H and O–H groups in total. The van der Waals surface area contributed by atoms with Gasteiger partial charge in [0.25, 0.3) is 0 Å². The van der Waals surface area contributed by atoms with Crippen molar-refractivity contribution in [1.29, 1.82) is 0 Å². The molecule has 0 unspecified atom stereocenters. The fourth-order valence-corrected chi connectivity index (χ4v) is 6.51. The van der Waals surface area contributed by atoms with Gasteiger partial charge in [0.05, 0.1) is 0 Å². The summed E-state index contributed by atoms with van der Waals surface area (Å²) >= 11 is 0. The molecule has 0 aliphatic heterocycles. The van der Waals surface area contributed by atoms with Crippen LogP contribution in [0.3, 0.4) is 0 Å². The van der Waals surface area contributed by atoms with Crippen molar-refractivity contribution in [1.82, 2.24) is 0 Å². The fraction of sp³-hybridized carbons (Fsp3) is 1.00. The predicted octanol–water partition coefficient (Wildman–Crippen LogP) is 15.1. The van der Waals surface area contributed by atoms with Crippen LogP contribution in [-0.4, -0.2) is 27.1 Å². The Morgan fingerprint density at radius 3 is 0.543 bits per heavy atom. The molecule has 0 saturated heterocycles. The average Bonchev–Trinajstić information content (AvgIpc) is 3.07. The molecule has 276 valence electrons. The van der Waals surface area contributed by atoms with E-state index in [1.54, 1.807) is 0 Å². The van der Waals surface area contributed by atoms with Crippen LogP contribution in [0, 0.1) is 0 Å². The Bertz CT molecular complexity index is 446. The van der Waals surface area contributed by atoms with Crippen molar-refractivity contribution < 1.29 is 14.0 Å². The molecule has 0 amide bonds. The number of hydrogen-bond donors (Lipinski definition) is 0. The van der Waals surface area contributed by atoms with Crippen molar-refractivity contribution in [3.8, 4) is 0 Å². The van der Waals surface area contributed by atoms with Crippen LogP contribution in [0.2, 0.25) is 0 Å². The van der Waals surface area contributed by atoms with Gasteiger partial charge < -0.3 is 14.0 Å². The first-order valence-corrected chi connectivity index (χ1v) is 21.7. The van der Waals surface area contributed by atoms with Crippen molar-refractivity contribution in [2.45, 2.75) is 252 Å². The molecular formula is C42H87BO3. The molecule has 0 aromatic rings. The van der Waals surface area contributed by atoms with Gasteiger partial charge in [-0.25, -0.2) is 0 Å². The van der Waals surface area contributed by atoms with Gasteiger partial charge in [0, 0.05) is 19.8 Å². The van der Waals surface area contributed by atoms with E-state index in [2.05, 4.69) is 20.8 Å². The van der Waals surface area contributed by atoms with Gasteiger partial charge in [-0.05, 0) is 19.3 Å². The van der Waals surface area contributed by atoms with Crippen LogP contribution in [0.25, 0.3) is 0 Å². The van der Waals surface area contributed by atoms with E-state index in [1.165, 1.54) is 212 Å². The maximum absolute atomic E-state index is 6.10. The average molecular weight is 651 g/mol. The number of unbranched alkanes of at least 4 members (excludes halogenated alkanes) is 33. The van der Waals surface area contributed by atoms with Gasteiger partial charge in [-0.1, -0.05) is 233 Å². The van der Waals surface area contributed by atoms with E-state index < -0.39 is 7.32 Å². The second-order valence-corrected chi connectivity index (χ2v) is 14.6. The largest absolute Gasteiger partial charge is 0.639 e. The third kappa shape index (κ3) is 40.1. The first kappa shape index (κ1) is 45.9. The zero-order valence-electron chi connectivity index (χ0n) is 32.4. The van der Waals surface area contributed by atoms with Crippen molar-refractivity contribution in [2.75, 3.05) is 19.8 Å². The summed E-state index contributed by atoms with van der Waals surface area (Å²) in [6.45, 7) is 9.18. The lowest BCUT2D eigenvalue weighted by atomic mass is 10.1. The molecule has 0 saturated carbocycles. The molecular weight excluding hydrogens is 563 g/mol. The zero-order chi connectivity index (χ0) is 33.3. The Labute approximate surface area is 292 Å². The smallest absolute Gasteiger partial charge is 0.386 e. The highest BCUT2D eigenvalue weighted by atomic mass is 16.7. The summed E-state index contributed by atoms with van der Waals surface area (Å²) in [5.41, 5.74) is 0. The standard InChI is InChI=1S/C42H87BO3/c1-4-7-10-13-16-19-22-25-28-31-34-37-40-44-43(45-41-38-35-32-29-26-23-20-17-14-11-8-5-2)46-42-39-36-33-30-27-24-21-18-15-12-9-6-3/h4-42H2,1-3H3. The van der Waals surface area contributed by atoms with Crippen molar-refractivity contribution in [2.24, 2.45) is 0 Å². The summed E-state index contributed by atoms with van der Waals surface area (Å²) < 4.78 is 18.3. The second-order valence-electron chi connectivity index (χ2n) is 14.6. The molecule has 0 heterocycles. The van der Waals surface area contributed by atoms with E-state index in [4.69, 9.17) is 14.0 Å². The molecule has 0 aromatic heterocycles. The van der Waals surface area contributed by atoms with E-state index in [-0.39, 0.29) is 0 Å². The lowest BCUT2D eigenvalue weighted by Gasteiger charge is -2.15. The lowest BCUT2D eigenvalue weighted by molar-refractivity contribution is 0.0885. The Hall–Kier alpha value is -0.0551. The normalized spacial score (nSPS) is 11.5. The number of hydrogen-bond acceptors (Lipinski definition) is 3. The molecule has 0 rings (SSSR count). The van der Waals surface area contributed by atoms with E-state index in [9.17, 15) is 0 Å². The number of rotatable bonds is 42. The quantitative estimate of drug-likeness (QED) is 0.0486. The SMILES string of the molecule is CCCCCCCCCCCCCCOB(OCCCCCCCCCCCCCC)OCCCCCCCCCCCCCC. The fourth-order valence-electron chi connectivity index (χ4n) is 6.51. The highest BCUT2D eigenvalue weighted by Gasteiger charge is 2.20. The van der Waals surface area contributed by atoms with Crippen molar-refractivity contribution >= 4 is 7.32 Å². The first-order valence-electron chi connectivity index (χ1n) is 21.7. The summed E-state index contributed by atoms with van der Waals surface area (Å²) in [5.74, 6) is 0. The third-order valence-electron chi connectivity index (χ3n) is 9.76. The van der Waals surface area contributed by atoms with Crippen molar-refractivity contribution in [3.05, 3.63) is 0 Å². The maximum atomic E-state index is 6.10. The van der Waals surface area contributed by atoms with Gasteiger partial charge in [0.15, 0.2) is 0 Å². The molecule has 0 atom stereocenters. The van der Waals surface area contributed by atoms with Crippen LogP contribution in [0.1, 0.15) is 252 Å². The zero-order valence-corrected chi connectivity index (χ0v) is 32.4. The highest BCUT2D eigenvalue weighted by molar-refractivity contribution is 6.36. The summed E-state index contributed by atoms with van der Waals surface area (Å²) in [6.07, 6.45) is 49.3. The van der Waals surface area contributed by atoms with Gasteiger partial charge in [0.1, 0.15) is 0 Å². The Balaban J connectivity index is 3.91. The minimum Gasteiger partial charge on any atom is -0.386 e. The Morgan fingerprint density at radius 2 is 0.370 bits per heavy atom. The first-order chi connectivity index (χ1) is 22.8. The van der Waals surface area contributed by atoms with Crippen LogP contribution in [0.15, 0.2) is 0 Å². The van der Waals surface area contributed by atoms with Gasteiger partial charge in [0.2, 0.25) is 0 Å². The van der Waals surface area contributed by atoms with E-state index in [0.717, 1.165) is 39.1 Å². The summed E-state index contributed by atoms with van der Waals surface area (Å²) in [5, 5.41) is 0. The molecule has 0 fully saturated rings. The van der Waals surface area contributed by atoms with E-state index in [1.807, 2.05) is 0 Å². The van der Waals surface area contributed by atoms with Gasteiger partial charge in [-0.3, -0.25) is 0 Å². The molecule has 0 bridgehead atoms. The van der Waals surface area contributed by atoms with Crippen LogP contribution < -0.4 is 0 Å². The highest BCUT2D eigenvalue weighted by Crippen LogP contribution is 2.15. The molecule has 0 aliphatic rings. The molecule has 0 aromatic carbocycles. The minimum absolute atomic E-state index is 0.465. The Morgan fingerprint density at radius 1 is 0.217 bits per heavy atom. The molecule has 3 nitrogen and oxygen atoms in total. The van der Waals surface area contributed by atoms with Gasteiger partial charge >= 0.3 is 7.32 Å². The van der Waals surface area contributed by atoms with Gasteiger partial charge in [-0.2, -0.15) is 0 Å². The molecule has 46 heavy (non-hydrogen) atoms. The molecule has 0 radical (unpaired) electrons. The summed E-state index contributed by atoms with van der Waals surface area (Å²) in [4.78, 5) is 0. The monoisotopic (exact) mass is 651 g/mol. The predicted molar refractivity (Wildman–Crippen MR) is 207 cm³/mol. The lowest BCUT2D eigenvalue weighted by Crippen LogP contribution is -2.28. The van der Waals surface area contributed by atoms with Crippen LogP contribution in [-0.2, 0) is 14.0 Å². The van der Waals surface area contributed by atoms with Crippen molar-refractivity contribution in [3.63, 3.8) is 0 Å². The van der Waals surface area contributed by atoms with E-state index >= 15 is 0 Å². The topological polar surface area (TPSA) is 27.7 Å².